The SMILES string of the molecule is CC=C(O)[C@@]1(O)OC[C@@H](O)[C@@H](O)[C@@H]1O. The van der Waals surface area contributed by atoms with Crippen molar-refractivity contribution in [2.24, 2.45) is 0 Å². The van der Waals surface area contributed by atoms with Crippen molar-refractivity contribution in [1.82, 2.24) is 0 Å². The molecular formula is C8H14O6. The number of aliphatic hydroxyl groups is 5. The summed E-state index contributed by atoms with van der Waals surface area (Å²) in [5.74, 6) is -2.94. The Balaban J connectivity index is 2.91. The van der Waals surface area contributed by atoms with Gasteiger partial charge in [0.05, 0.1) is 6.61 Å². The van der Waals surface area contributed by atoms with Crippen LogP contribution in [0, 0.1) is 0 Å². The number of rotatable bonds is 1. The monoisotopic (exact) mass is 206 g/mol. The summed E-state index contributed by atoms with van der Waals surface area (Å²) in [6.45, 7) is 1.06. The van der Waals surface area contributed by atoms with E-state index < -0.39 is 29.9 Å². The van der Waals surface area contributed by atoms with E-state index in [1.807, 2.05) is 0 Å². The highest BCUT2D eigenvalue weighted by Crippen LogP contribution is 2.28. The lowest BCUT2D eigenvalue weighted by atomic mass is 9.95. The van der Waals surface area contributed by atoms with E-state index in [4.69, 9.17) is 9.84 Å². The fourth-order valence-corrected chi connectivity index (χ4v) is 1.27. The molecule has 0 saturated carbocycles. The van der Waals surface area contributed by atoms with Crippen molar-refractivity contribution in [3.05, 3.63) is 11.8 Å². The van der Waals surface area contributed by atoms with Gasteiger partial charge >= 0.3 is 0 Å². The summed E-state index contributed by atoms with van der Waals surface area (Å²) in [6, 6.07) is 0. The molecule has 6 heteroatoms. The van der Waals surface area contributed by atoms with Crippen molar-refractivity contribution in [1.29, 1.82) is 0 Å². The van der Waals surface area contributed by atoms with Crippen LogP contribution in [0.2, 0.25) is 0 Å². The van der Waals surface area contributed by atoms with Crippen molar-refractivity contribution in [3.63, 3.8) is 0 Å². The Morgan fingerprint density at radius 3 is 2.50 bits per heavy atom. The standard InChI is InChI=1S/C8H14O6/c1-2-5(10)8(13)7(12)6(11)4(9)3-14-8/h2,4,6-7,9-13H,3H2,1H3/t4-,6-,7+,8-/m1/s1. The van der Waals surface area contributed by atoms with Gasteiger partial charge in [-0.15, -0.1) is 0 Å². The van der Waals surface area contributed by atoms with Crippen molar-refractivity contribution in [2.45, 2.75) is 31.0 Å². The molecule has 14 heavy (non-hydrogen) atoms. The van der Waals surface area contributed by atoms with Gasteiger partial charge in [0.25, 0.3) is 5.79 Å². The third-order valence-electron chi connectivity index (χ3n) is 2.23. The highest BCUT2D eigenvalue weighted by Gasteiger charge is 2.51. The Labute approximate surface area is 80.7 Å². The average Bonchev–Trinajstić information content (AvgIpc) is 2.19. The molecule has 1 aliphatic heterocycles. The summed E-state index contributed by atoms with van der Waals surface area (Å²) >= 11 is 0. The Morgan fingerprint density at radius 1 is 1.43 bits per heavy atom. The number of hydrogen-bond donors (Lipinski definition) is 5. The van der Waals surface area contributed by atoms with Crippen LogP contribution in [0.3, 0.4) is 0 Å². The first-order chi connectivity index (χ1) is 6.43. The normalized spacial score (nSPS) is 45.2. The second-order valence-electron chi connectivity index (χ2n) is 3.18. The van der Waals surface area contributed by atoms with Crippen LogP contribution in [0.1, 0.15) is 6.92 Å². The van der Waals surface area contributed by atoms with Crippen LogP contribution in [0.5, 0.6) is 0 Å². The van der Waals surface area contributed by atoms with Crippen molar-refractivity contribution in [2.75, 3.05) is 6.61 Å². The minimum absolute atomic E-state index is 0.368. The van der Waals surface area contributed by atoms with Gasteiger partial charge in [-0.2, -0.15) is 0 Å². The van der Waals surface area contributed by atoms with Crippen LogP contribution in [0.4, 0.5) is 0 Å². The fourth-order valence-electron chi connectivity index (χ4n) is 1.27. The average molecular weight is 206 g/mol. The first-order valence-corrected chi connectivity index (χ1v) is 4.19. The molecule has 0 amide bonds. The van der Waals surface area contributed by atoms with Crippen molar-refractivity contribution >= 4 is 0 Å². The summed E-state index contributed by atoms with van der Waals surface area (Å²) in [5.41, 5.74) is 0. The summed E-state index contributed by atoms with van der Waals surface area (Å²) in [5, 5.41) is 46.6. The molecule has 0 bridgehead atoms. The van der Waals surface area contributed by atoms with Crippen LogP contribution >= 0.6 is 0 Å². The largest absolute Gasteiger partial charge is 0.507 e. The first kappa shape index (κ1) is 11.4. The van der Waals surface area contributed by atoms with Gasteiger partial charge in [-0.1, -0.05) is 0 Å². The van der Waals surface area contributed by atoms with E-state index in [1.54, 1.807) is 0 Å². The predicted molar refractivity (Wildman–Crippen MR) is 45.3 cm³/mol. The molecule has 0 radical (unpaired) electrons. The molecular weight excluding hydrogens is 192 g/mol. The minimum atomic E-state index is -2.34. The lowest BCUT2D eigenvalue weighted by Crippen LogP contribution is -2.61. The van der Waals surface area contributed by atoms with Crippen LogP contribution in [-0.4, -0.2) is 56.2 Å². The van der Waals surface area contributed by atoms with Gasteiger partial charge in [-0.05, 0) is 13.0 Å². The number of ether oxygens (including phenoxy) is 1. The minimum Gasteiger partial charge on any atom is -0.507 e. The molecule has 5 N–H and O–H groups in total. The molecule has 0 spiro atoms. The Hall–Kier alpha value is -0.660. The van der Waals surface area contributed by atoms with E-state index >= 15 is 0 Å². The predicted octanol–water partition coefficient (Wildman–Crippen LogP) is -1.75. The molecule has 82 valence electrons. The molecule has 0 aliphatic carbocycles. The summed E-state index contributed by atoms with van der Waals surface area (Å²) in [4.78, 5) is 0. The molecule has 4 atom stereocenters. The maximum absolute atomic E-state index is 9.63. The van der Waals surface area contributed by atoms with Gasteiger partial charge in [0.15, 0.2) is 5.76 Å². The molecule has 1 heterocycles. The fraction of sp³-hybridized carbons (Fsp3) is 0.750. The second kappa shape index (κ2) is 3.84. The van der Waals surface area contributed by atoms with E-state index in [2.05, 4.69) is 0 Å². The maximum Gasteiger partial charge on any atom is 0.254 e. The Morgan fingerprint density at radius 2 is 2.00 bits per heavy atom. The zero-order valence-corrected chi connectivity index (χ0v) is 7.66. The Kier molecular flexibility index (Phi) is 3.13. The lowest BCUT2D eigenvalue weighted by Gasteiger charge is -2.40. The molecule has 0 aromatic carbocycles. The molecule has 0 aromatic rings. The van der Waals surface area contributed by atoms with Crippen molar-refractivity contribution in [3.8, 4) is 0 Å². The summed E-state index contributed by atoms with van der Waals surface area (Å²) < 4.78 is 4.69. The van der Waals surface area contributed by atoms with E-state index in [-0.39, 0.29) is 6.61 Å². The quantitative estimate of drug-likeness (QED) is 0.325. The third kappa shape index (κ3) is 1.62. The maximum atomic E-state index is 9.63. The zero-order valence-electron chi connectivity index (χ0n) is 7.66. The van der Waals surface area contributed by atoms with E-state index in [1.165, 1.54) is 6.92 Å². The van der Waals surface area contributed by atoms with Gasteiger partial charge < -0.3 is 30.3 Å². The number of allylic oxidation sites excluding steroid dienone is 1. The van der Waals surface area contributed by atoms with Crippen LogP contribution < -0.4 is 0 Å². The molecule has 1 aliphatic rings. The molecule has 0 aromatic heterocycles. The summed E-state index contributed by atoms with van der Waals surface area (Å²) in [7, 11) is 0. The van der Waals surface area contributed by atoms with Crippen molar-refractivity contribution < 1.29 is 30.3 Å². The molecule has 1 rings (SSSR count). The zero-order chi connectivity index (χ0) is 10.9. The van der Waals surface area contributed by atoms with Gasteiger partial charge in [0.1, 0.15) is 18.3 Å². The molecule has 6 nitrogen and oxygen atoms in total. The molecule has 0 unspecified atom stereocenters. The smallest absolute Gasteiger partial charge is 0.254 e. The van der Waals surface area contributed by atoms with E-state index in [0.29, 0.717) is 0 Å². The van der Waals surface area contributed by atoms with Gasteiger partial charge in [0, 0.05) is 0 Å². The highest BCUT2D eigenvalue weighted by atomic mass is 16.7. The van der Waals surface area contributed by atoms with Gasteiger partial charge in [0.2, 0.25) is 0 Å². The van der Waals surface area contributed by atoms with Crippen LogP contribution in [-0.2, 0) is 4.74 Å². The molecule has 1 fully saturated rings. The van der Waals surface area contributed by atoms with Crippen LogP contribution in [0.15, 0.2) is 11.8 Å². The number of aliphatic hydroxyl groups excluding tert-OH is 4. The topological polar surface area (TPSA) is 110 Å². The van der Waals surface area contributed by atoms with Crippen LogP contribution in [0.25, 0.3) is 0 Å². The highest BCUT2D eigenvalue weighted by molar-refractivity contribution is 5.10. The second-order valence-corrected chi connectivity index (χ2v) is 3.18. The first-order valence-electron chi connectivity index (χ1n) is 4.19. The van der Waals surface area contributed by atoms with E-state index in [9.17, 15) is 20.4 Å². The lowest BCUT2D eigenvalue weighted by molar-refractivity contribution is -0.312. The Bertz CT molecular complexity index is 240. The van der Waals surface area contributed by atoms with Gasteiger partial charge in [-0.25, -0.2) is 0 Å². The van der Waals surface area contributed by atoms with E-state index in [0.717, 1.165) is 6.08 Å². The summed E-state index contributed by atoms with van der Waals surface area (Å²) in [6.07, 6.45) is -3.50. The third-order valence-corrected chi connectivity index (χ3v) is 2.23. The molecule has 1 saturated heterocycles. The van der Waals surface area contributed by atoms with Gasteiger partial charge in [-0.3, -0.25) is 0 Å². The number of hydrogen-bond acceptors (Lipinski definition) is 6.